The highest BCUT2D eigenvalue weighted by atomic mass is 16.3. The Bertz CT molecular complexity index is 859. The highest BCUT2D eigenvalue weighted by Gasteiger charge is 2.37. The molecule has 2 aliphatic rings. The van der Waals surface area contributed by atoms with E-state index >= 15 is 0 Å². The van der Waals surface area contributed by atoms with E-state index in [4.69, 9.17) is 4.42 Å². The summed E-state index contributed by atoms with van der Waals surface area (Å²) in [6.45, 7) is 1.06. The standard InChI is InChI=1S/C22H21NO/c1-2-6-16(7-3-1)15-23-19-10-11-20(23)13-18(12-19)22-14-17-8-4-5-9-21(17)24-22/h1-9,12,14,19-20H,10-11,13,15H2. The van der Waals surface area contributed by atoms with Gasteiger partial charge in [-0.2, -0.15) is 0 Å². The van der Waals surface area contributed by atoms with Crippen molar-refractivity contribution in [1.29, 1.82) is 0 Å². The summed E-state index contributed by atoms with van der Waals surface area (Å²) in [6, 6.07) is 22.5. The smallest absolute Gasteiger partial charge is 0.134 e. The van der Waals surface area contributed by atoms with Gasteiger partial charge < -0.3 is 4.42 Å². The number of benzene rings is 2. The summed E-state index contributed by atoms with van der Waals surface area (Å²) < 4.78 is 6.10. The van der Waals surface area contributed by atoms with Crippen LogP contribution < -0.4 is 0 Å². The molecule has 2 atom stereocenters. The van der Waals surface area contributed by atoms with Gasteiger partial charge in [0.25, 0.3) is 0 Å². The lowest BCUT2D eigenvalue weighted by molar-refractivity contribution is 0.202. The number of fused-ring (bicyclic) bond motifs is 3. The third kappa shape index (κ3) is 2.38. The third-order valence-electron chi connectivity index (χ3n) is 5.49. The molecule has 3 heterocycles. The summed E-state index contributed by atoms with van der Waals surface area (Å²) in [5, 5.41) is 1.20. The average Bonchev–Trinajstić information content (AvgIpc) is 3.14. The van der Waals surface area contributed by atoms with E-state index in [2.05, 4.69) is 65.6 Å². The molecule has 2 unspecified atom stereocenters. The highest BCUT2D eigenvalue weighted by Crippen LogP contribution is 2.40. The zero-order valence-corrected chi connectivity index (χ0v) is 13.7. The van der Waals surface area contributed by atoms with Crippen molar-refractivity contribution >= 4 is 16.5 Å². The molecule has 24 heavy (non-hydrogen) atoms. The molecule has 2 heteroatoms. The second-order valence-corrected chi connectivity index (χ2v) is 7.00. The second-order valence-electron chi connectivity index (χ2n) is 7.00. The van der Waals surface area contributed by atoms with Crippen LogP contribution in [0.25, 0.3) is 16.5 Å². The van der Waals surface area contributed by atoms with Crippen molar-refractivity contribution in [3.63, 3.8) is 0 Å². The minimum absolute atomic E-state index is 0.548. The van der Waals surface area contributed by atoms with E-state index in [1.807, 2.05) is 6.07 Å². The molecule has 0 amide bonds. The predicted molar refractivity (Wildman–Crippen MR) is 97.6 cm³/mol. The van der Waals surface area contributed by atoms with Crippen molar-refractivity contribution in [1.82, 2.24) is 4.90 Å². The summed E-state index contributed by atoms with van der Waals surface area (Å²) in [4.78, 5) is 2.67. The molecule has 2 aliphatic heterocycles. The molecule has 1 aromatic heterocycles. The zero-order valence-electron chi connectivity index (χ0n) is 13.7. The van der Waals surface area contributed by atoms with Gasteiger partial charge in [-0.25, -0.2) is 0 Å². The van der Waals surface area contributed by atoms with Gasteiger partial charge in [-0.1, -0.05) is 54.6 Å². The van der Waals surface area contributed by atoms with Gasteiger partial charge in [-0.05, 0) is 42.5 Å². The fourth-order valence-corrected chi connectivity index (χ4v) is 4.28. The summed E-state index contributed by atoms with van der Waals surface area (Å²) in [7, 11) is 0. The van der Waals surface area contributed by atoms with Gasteiger partial charge in [-0.3, -0.25) is 4.90 Å². The first kappa shape index (κ1) is 14.1. The van der Waals surface area contributed by atoms with Crippen molar-refractivity contribution in [2.45, 2.75) is 37.9 Å². The van der Waals surface area contributed by atoms with E-state index < -0.39 is 0 Å². The van der Waals surface area contributed by atoms with Crippen LogP contribution >= 0.6 is 0 Å². The summed E-state index contributed by atoms with van der Waals surface area (Å²) in [5.41, 5.74) is 3.80. The Morgan fingerprint density at radius 3 is 2.62 bits per heavy atom. The van der Waals surface area contributed by atoms with Crippen LogP contribution in [0, 0.1) is 0 Å². The van der Waals surface area contributed by atoms with Crippen LogP contribution in [0.1, 0.15) is 30.6 Å². The maximum Gasteiger partial charge on any atom is 0.134 e. The molecule has 2 aromatic carbocycles. The highest BCUT2D eigenvalue weighted by molar-refractivity contribution is 5.82. The predicted octanol–water partition coefficient (Wildman–Crippen LogP) is 5.25. The van der Waals surface area contributed by atoms with Gasteiger partial charge in [-0.15, -0.1) is 0 Å². The molecule has 0 aliphatic carbocycles. The number of para-hydroxylation sites is 1. The van der Waals surface area contributed by atoms with Gasteiger partial charge in [0.05, 0.1) is 0 Å². The fraction of sp³-hybridized carbons (Fsp3) is 0.273. The van der Waals surface area contributed by atoms with Gasteiger partial charge >= 0.3 is 0 Å². The minimum atomic E-state index is 0.548. The molecule has 0 N–H and O–H groups in total. The van der Waals surface area contributed by atoms with Gasteiger partial charge in [0.15, 0.2) is 0 Å². The largest absolute Gasteiger partial charge is 0.456 e. The summed E-state index contributed by atoms with van der Waals surface area (Å²) in [6.07, 6.45) is 6.10. The molecule has 0 spiro atoms. The molecule has 5 rings (SSSR count). The Morgan fingerprint density at radius 1 is 0.958 bits per heavy atom. The number of rotatable bonds is 3. The van der Waals surface area contributed by atoms with Crippen LogP contribution in [-0.2, 0) is 6.54 Å². The molecule has 2 bridgehead atoms. The van der Waals surface area contributed by atoms with Crippen molar-refractivity contribution in [2.24, 2.45) is 0 Å². The van der Waals surface area contributed by atoms with Gasteiger partial charge in [0, 0.05) is 24.0 Å². The van der Waals surface area contributed by atoms with Crippen molar-refractivity contribution < 1.29 is 4.42 Å². The monoisotopic (exact) mass is 315 g/mol. The first-order valence-corrected chi connectivity index (χ1v) is 8.86. The van der Waals surface area contributed by atoms with Crippen LogP contribution in [0.2, 0.25) is 0 Å². The first-order valence-electron chi connectivity index (χ1n) is 8.86. The average molecular weight is 315 g/mol. The molecule has 2 nitrogen and oxygen atoms in total. The maximum atomic E-state index is 6.10. The minimum Gasteiger partial charge on any atom is -0.456 e. The number of hydrogen-bond acceptors (Lipinski definition) is 2. The van der Waals surface area contributed by atoms with Crippen LogP contribution in [0.5, 0.6) is 0 Å². The molecule has 0 saturated carbocycles. The van der Waals surface area contributed by atoms with Gasteiger partial charge in [0.1, 0.15) is 11.3 Å². The van der Waals surface area contributed by atoms with E-state index in [-0.39, 0.29) is 0 Å². The van der Waals surface area contributed by atoms with Crippen molar-refractivity contribution in [2.75, 3.05) is 0 Å². The van der Waals surface area contributed by atoms with Crippen molar-refractivity contribution in [3.05, 3.63) is 78.1 Å². The Hall–Kier alpha value is -2.32. The molecule has 3 aromatic rings. The topological polar surface area (TPSA) is 16.4 Å². The lowest BCUT2D eigenvalue weighted by Crippen LogP contribution is -2.37. The Balaban J connectivity index is 1.43. The first-order chi connectivity index (χ1) is 11.9. The Morgan fingerprint density at radius 2 is 1.79 bits per heavy atom. The SMILES string of the molecule is C1=C(c2cc3ccccc3o2)CC2CCC1N2Cc1ccccc1. The van der Waals surface area contributed by atoms with E-state index in [1.54, 1.807) is 0 Å². The number of hydrogen-bond donors (Lipinski definition) is 0. The number of nitrogens with zero attached hydrogens (tertiary/aromatic N) is 1. The lowest BCUT2D eigenvalue weighted by Gasteiger charge is -2.33. The van der Waals surface area contributed by atoms with Crippen LogP contribution in [0.3, 0.4) is 0 Å². The molecule has 0 radical (unpaired) electrons. The quantitative estimate of drug-likeness (QED) is 0.656. The molecule has 120 valence electrons. The third-order valence-corrected chi connectivity index (χ3v) is 5.49. The fourth-order valence-electron chi connectivity index (χ4n) is 4.28. The summed E-state index contributed by atoms with van der Waals surface area (Å²) >= 11 is 0. The van der Waals surface area contributed by atoms with E-state index in [0.717, 1.165) is 24.3 Å². The molecular formula is C22H21NO. The Labute approximate surface area is 142 Å². The number of furan rings is 1. The Kier molecular flexibility index (Phi) is 3.30. The zero-order chi connectivity index (χ0) is 15.9. The molecule has 1 saturated heterocycles. The van der Waals surface area contributed by atoms with E-state index in [0.29, 0.717) is 12.1 Å². The molecular weight excluding hydrogens is 294 g/mol. The second kappa shape index (κ2) is 5.64. The van der Waals surface area contributed by atoms with Crippen LogP contribution in [0.4, 0.5) is 0 Å². The maximum absolute atomic E-state index is 6.10. The van der Waals surface area contributed by atoms with Crippen molar-refractivity contribution in [3.8, 4) is 0 Å². The molecule has 1 fully saturated rings. The van der Waals surface area contributed by atoms with Crippen LogP contribution in [-0.4, -0.2) is 17.0 Å². The lowest BCUT2D eigenvalue weighted by atomic mass is 9.98. The summed E-state index contributed by atoms with van der Waals surface area (Å²) in [5.74, 6) is 1.06. The van der Waals surface area contributed by atoms with Gasteiger partial charge in [0.2, 0.25) is 0 Å². The normalized spacial score (nSPS) is 23.6. The van der Waals surface area contributed by atoms with Crippen LogP contribution in [0.15, 0.2) is 71.2 Å². The van der Waals surface area contributed by atoms with E-state index in [1.165, 1.54) is 29.4 Å². The van der Waals surface area contributed by atoms with E-state index in [9.17, 15) is 0 Å².